The number of benzene rings is 1. The maximum atomic E-state index is 12.0. The van der Waals surface area contributed by atoms with E-state index in [4.69, 9.17) is 0 Å². The van der Waals surface area contributed by atoms with E-state index in [0.29, 0.717) is 12.1 Å². The first kappa shape index (κ1) is 11.4. The molecular weight excluding hydrogens is 240 g/mol. The Morgan fingerprint density at radius 2 is 2.05 bits per heavy atom. The van der Waals surface area contributed by atoms with Crippen molar-refractivity contribution in [3.8, 4) is 0 Å². The predicted molar refractivity (Wildman–Crippen MR) is 70.6 cm³/mol. The summed E-state index contributed by atoms with van der Waals surface area (Å²) in [6.07, 6.45) is 4.87. The van der Waals surface area contributed by atoms with E-state index < -0.39 is 0 Å². The third kappa shape index (κ3) is 2.44. The fourth-order valence-corrected chi connectivity index (χ4v) is 1.81. The van der Waals surface area contributed by atoms with Gasteiger partial charge in [0.2, 0.25) is 0 Å². The highest BCUT2D eigenvalue weighted by molar-refractivity contribution is 5.93. The van der Waals surface area contributed by atoms with Crippen LogP contribution in [0.15, 0.2) is 55.0 Å². The Morgan fingerprint density at radius 3 is 2.89 bits per heavy atom. The fraction of sp³-hybridized carbons (Fsp3) is 0.0714. The largest absolute Gasteiger partial charge is 0.348 e. The highest BCUT2D eigenvalue weighted by Crippen LogP contribution is 2.03. The molecule has 0 spiro atoms. The molecule has 2 aromatic heterocycles. The van der Waals surface area contributed by atoms with Gasteiger partial charge in [-0.15, -0.1) is 0 Å². The minimum atomic E-state index is -0.159. The lowest BCUT2D eigenvalue weighted by Gasteiger charge is -2.05. The molecule has 0 fully saturated rings. The summed E-state index contributed by atoms with van der Waals surface area (Å²) in [6, 6.07) is 11.6. The van der Waals surface area contributed by atoms with Crippen LogP contribution in [0.3, 0.4) is 0 Å². The second-order valence-electron chi connectivity index (χ2n) is 4.14. The van der Waals surface area contributed by atoms with Crippen molar-refractivity contribution in [1.82, 2.24) is 19.9 Å². The van der Waals surface area contributed by atoms with Gasteiger partial charge in [0.1, 0.15) is 0 Å². The molecule has 1 N–H and O–H groups in total. The molecule has 94 valence electrons. The van der Waals surface area contributed by atoms with Gasteiger partial charge < -0.3 is 5.32 Å². The molecule has 2 heterocycles. The Balaban J connectivity index is 1.73. The second kappa shape index (κ2) is 4.89. The Bertz CT molecular complexity index is 706. The maximum Gasteiger partial charge on any atom is 0.254 e. The SMILES string of the molecule is O=C(NCc1ccccc1)c1cnc2ccnn2c1. The van der Waals surface area contributed by atoms with E-state index in [1.807, 2.05) is 30.3 Å². The number of aromatic nitrogens is 3. The first-order chi connectivity index (χ1) is 9.33. The van der Waals surface area contributed by atoms with Crippen molar-refractivity contribution in [2.45, 2.75) is 6.54 Å². The molecule has 0 saturated heterocycles. The molecule has 0 aliphatic rings. The van der Waals surface area contributed by atoms with Crippen LogP contribution >= 0.6 is 0 Å². The predicted octanol–water partition coefficient (Wildman–Crippen LogP) is 1.66. The summed E-state index contributed by atoms with van der Waals surface area (Å²) in [7, 11) is 0. The molecule has 19 heavy (non-hydrogen) atoms. The molecule has 1 amide bonds. The van der Waals surface area contributed by atoms with Crippen LogP contribution in [0, 0.1) is 0 Å². The summed E-state index contributed by atoms with van der Waals surface area (Å²) >= 11 is 0. The summed E-state index contributed by atoms with van der Waals surface area (Å²) < 4.78 is 1.58. The zero-order valence-corrected chi connectivity index (χ0v) is 10.2. The second-order valence-corrected chi connectivity index (χ2v) is 4.14. The van der Waals surface area contributed by atoms with Gasteiger partial charge in [0.05, 0.1) is 11.8 Å². The van der Waals surface area contributed by atoms with Gasteiger partial charge in [-0.25, -0.2) is 9.50 Å². The molecule has 3 rings (SSSR count). The number of nitrogens with one attached hydrogen (secondary N) is 1. The molecule has 3 aromatic rings. The lowest BCUT2D eigenvalue weighted by Crippen LogP contribution is -2.23. The molecule has 0 radical (unpaired) electrons. The molecule has 0 saturated carbocycles. The van der Waals surface area contributed by atoms with Crippen molar-refractivity contribution in [1.29, 1.82) is 0 Å². The van der Waals surface area contributed by atoms with Gasteiger partial charge in [-0.3, -0.25) is 4.79 Å². The third-order valence-electron chi connectivity index (χ3n) is 2.80. The zero-order chi connectivity index (χ0) is 13.1. The molecule has 1 aromatic carbocycles. The topological polar surface area (TPSA) is 59.3 Å². The zero-order valence-electron chi connectivity index (χ0n) is 10.2. The lowest BCUT2D eigenvalue weighted by molar-refractivity contribution is 0.0950. The van der Waals surface area contributed by atoms with Gasteiger partial charge in [0.15, 0.2) is 5.65 Å². The molecule has 0 aliphatic heterocycles. The van der Waals surface area contributed by atoms with Crippen molar-refractivity contribution in [2.24, 2.45) is 0 Å². The van der Waals surface area contributed by atoms with Gasteiger partial charge >= 0.3 is 0 Å². The van der Waals surface area contributed by atoms with E-state index in [9.17, 15) is 4.79 Å². The average Bonchev–Trinajstić information content (AvgIpc) is 2.93. The molecule has 0 bridgehead atoms. The smallest absolute Gasteiger partial charge is 0.254 e. The lowest BCUT2D eigenvalue weighted by atomic mass is 10.2. The number of hydrogen-bond acceptors (Lipinski definition) is 3. The Hall–Kier alpha value is -2.69. The minimum absolute atomic E-state index is 0.159. The highest BCUT2D eigenvalue weighted by Gasteiger charge is 2.07. The molecule has 0 aliphatic carbocycles. The highest BCUT2D eigenvalue weighted by atomic mass is 16.1. The van der Waals surface area contributed by atoms with Crippen molar-refractivity contribution >= 4 is 11.6 Å². The first-order valence-electron chi connectivity index (χ1n) is 5.94. The first-order valence-corrected chi connectivity index (χ1v) is 5.94. The molecule has 0 atom stereocenters. The summed E-state index contributed by atoms with van der Waals surface area (Å²) in [6.45, 7) is 0.497. The van der Waals surface area contributed by atoms with Crippen LogP contribution in [0.1, 0.15) is 15.9 Å². The number of carbonyl (C=O) groups is 1. The van der Waals surface area contributed by atoms with Crippen LogP contribution in [-0.4, -0.2) is 20.5 Å². The van der Waals surface area contributed by atoms with Crippen LogP contribution in [0.5, 0.6) is 0 Å². The standard InChI is InChI=1S/C14H12N4O/c19-14(16-8-11-4-2-1-3-5-11)12-9-15-13-6-7-17-18(13)10-12/h1-7,9-10H,8H2,(H,16,19). The van der Waals surface area contributed by atoms with Gasteiger partial charge in [0, 0.05) is 25.0 Å². The number of fused-ring (bicyclic) bond motifs is 1. The summed E-state index contributed by atoms with van der Waals surface area (Å²) in [5.74, 6) is -0.159. The quantitative estimate of drug-likeness (QED) is 0.771. The Kier molecular flexibility index (Phi) is 2.94. The van der Waals surface area contributed by atoms with Gasteiger partial charge in [-0.1, -0.05) is 30.3 Å². The van der Waals surface area contributed by atoms with Crippen LogP contribution in [0.25, 0.3) is 5.65 Å². The normalized spacial score (nSPS) is 10.5. The van der Waals surface area contributed by atoms with Gasteiger partial charge in [0.25, 0.3) is 5.91 Å². The van der Waals surface area contributed by atoms with Crippen molar-refractivity contribution in [2.75, 3.05) is 0 Å². The van der Waals surface area contributed by atoms with E-state index in [1.165, 1.54) is 0 Å². The molecule has 5 nitrogen and oxygen atoms in total. The molecular formula is C14H12N4O. The van der Waals surface area contributed by atoms with Crippen molar-refractivity contribution in [3.63, 3.8) is 0 Å². The maximum absolute atomic E-state index is 12.0. The minimum Gasteiger partial charge on any atom is -0.348 e. The van der Waals surface area contributed by atoms with Crippen LogP contribution in [0.2, 0.25) is 0 Å². The number of carbonyl (C=O) groups excluding carboxylic acids is 1. The van der Waals surface area contributed by atoms with E-state index in [-0.39, 0.29) is 5.91 Å². The Morgan fingerprint density at radius 1 is 1.21 bits per heavy atom. The molecule has 0 unspecified atom stereocenters. The van der Waals surface area contributed by atoms with Gasteiger partial charge in [-0.05, 0) is 5.56 Å². The van der Waals surface area contributed by atoms with E-state index in [2.05, 4.69) is 15.4 Å². The van der Waals surface area contributed by atoms with E-state index in [1.54, 1.807) is 29.2 Å². The van der Waals surface area contributed by atoms with E-state index >= 15 is 0 Å². The van der Waals surface area contributed by atoms with Crippen molar-refractivity contribution in [3.05, 3.63) is 66.1 Å². The number of amides is 1. The summed E-state index contributed by atoms with van der Waals surface area (Å²) in [5, 5.41) is 6.91. The summed E-state index contributed by atoms with van der Waals surface area (Å²) in [4.78, 5) is 16.1. The van der Waals surface area contributed by atoms with Crippen molar-refractivity contribution < 1.29 is 4.79 Å². The summed E-state index contributed by atoms with van der Waals surface area (Å²) in [5.41, 5.74) is 2.27. The van der Waals surface area contributed by atoms with Gasteiger partial charge in [-0.2, -0.15) is 5.10 Å². The van der Waals surface area contributed by atoms with Crippen LogP contribution < -0.4 is 5.32 Å². The molecule has 5 heteroatoms. The average molecular weight is 252 g/mol. The fourth-order valence-electron chi connectivity index (χ4n) is 1.81. The number of rotatable bonds is 3. The van der Waals surface area contributed by atoms with Crippen LogP contribution in [-0.2, 0) is 6.54 Å². The Labute approximate surface area is 109 Å². The number of hydrogen-bond donors (Lipinski definition) is 1. The van der Waals surface area contributed by atoms with Crippen LogP contribution in [0.4, 0.5) is 0 Å². The number of nitrogens with zero attached hydrogens (tertiary/aromatic N) is 3. The third-order valence-corrected chi connectivity index (χ3v) is 2.80. The van der Waals surface area contributed by atoms with E-state index in [0.717, 1.165) is 11.2 Å². The monoisotopic (exact) mass is 252 g/mol.